The highest BCUT2D eigenvalue weighted by molar-refractivity contribution is 5.48. The summed E-state index contributed by atoms with van der Waals surface area (Å²) in [5.41, 5.74) is 0. The molecule has 1 aromatic heterocycles. The van der Waals surface area contributed by atoms with Crippen LogP contribution in [0.25, 0.3) is 0 Å². The first-order valence-electron chi connectivity index (χ1n) is 7.73. The second-order valence-corrected chi connectivity index (χ2v) is 5.51. The van der Waals surface area contributed by atoms with Crippen molar-refractivity contribution in [2.75, 3.05) is 17.7 Å². The first kappa shape index (κ1) is 15.0. The van der Waals surface area contributed by atoms with E-state index < -0.39 is 0 Å². The molecule has 0 spiro atoms. The Morgan fingerprint density at radius 1 is 1.20 bits per heavy atom. The van der Waals surface area contributed by atoms with Crippen molar-refractivity contribution in [3.8, 4) is 0 Å². The maximum Gasteiger partial charge on any atom is 0.133 e. The standard InChI is InChI=1S/C15H26N4O/c1-3-7-13-18-14(16-2)10-15(19-13)17-11-8-5-4-6-9-12(11)20/h10-12,20H,3-9H2,1-2H3,(H2,16,17,18,19). The van der Waals surface area contributed by atoms with Gasteiger partial charge in [-0.3, -0.25) is 0 Å². The second-order valence-electron chi connectivity index (χ2n) is 5.51. The van der Waals surface area contributed by atoms with Gasteiger partial charge in [0.25, 0.3) is 0 Å². The molecule has 3 N–H and O–H groups in total. The third kappa shape index (κ3) is 4.07. The number of anilines is 2. The van der Waals surface area contributed by atoms with E-state index in [1.165, 1.54) is 12.8 Å². The van der Waals surface area contributed by atoms with Gasteiger partial charge >= 0.3 is 0 Å². The van der Waals surface area contributed by atoms with E-state index >= 15 is 0 Å². The van der Waals surface area contributed by atoms with Gasteiger partial charge in [-0.15, -0.1) is 0 Å². The molecule has 2 atom stereocenters. The lowest BCUT2D eigenvalue weighted by molar-refractivity contribution is 0.144. The number of nitrogens with one attached hydrogen (secondary N) is 2. The number of aliphatic hydroxyl groups is 1. The number of aromatic nitrogens is 2. The molecule has 1 aromatic rings. The minimum absolute atomic E-state index is 0.103. The molecule has 1 heterocycles. The summed E-state index contributed by atoms with van der Waals surface area (Å²) in [6.07, 6.45) is 7.00. The summed E-state index contributed by atoms with van der Waals surface area (Å²) in [6, 6.07) is 2.02. The van der Waals surface area contributed by atoms with E-state index in [0.717, 1.165) is 49.6 Å². The lowest BCUT2D eigenvalue weighted by Crippen LogP contribution is -2.33. The van der Waals surface area contributed by atoms with Gasteiger partial charge < -0.3 is 15.7 Å². The molecule has 0 bridgehead atoms. The van der Waals surface area contributed by atoms with Crippen molar-refractivity contribution >= 4 is 11.6 Å². The molecule has 0 amide bonds. The molecular formula is C15H26N4O. The van der Waals surface area contributed by atoms with E-state index in [1.54, 1.807) is 0 Å². The van der Waals surface area contributed by atoms with E-state index in [2.05, 4.69) is 27.5 Å². The van der Waals surface area contributed by atoms with Crippen LogP contribution in [-0.4, -0.2) is 34.3 Å². The van der Waals surface area contributed by atoms with Crippen LogP contribution >= 0.6 is 0 Å². The van der Waals surface area contributed by atoms with E-state index in [0.29, 0.717) is 0 Å². The average Bonchev–Trinajstić information content (AvgIpc) is 2.64. The summed E-state index contributed by atoms with van der Waals surface area (Å²) in [7, 11) is 1.86. The van der Waals surface area contributed by atoms with Crippen LogP contribution in [0.1, 0.15) is 51.3 Å². The molecule has 1 aliphatic carbocycles. The van der Waals surface area contributed by atoms with Crippen LogP contribution in [0.4, 0.5) is 11.6 Å². The average molecular weight is 278 g/mol. The fourth-order valence-electron chi connectivity index (χ4n) is 2.68. The van der Waals surface area contributed by atoms with Crippen molar-refractivity contribution in [1.29, 1.82) is 0 Å². The molecule has 2 unspecified atom stereocenters. The second kappa shape index (κ2) is 7.43. The Hall–Kier alpha value is -1.36. The summed E-state index contributed by atoms with van der Waals surface area (Å²) in [5.74, 6) is 2.50. The smallest absolute Gasteiger partial charge is 0.133 e. The van der Waals surface area contributed by atoms with Gasteiger partial charge in [-0.25, -0.2) is 9.97 Å². The van der Waals surface area contributed by atoms with Gasteiger partial charge in [-0.05, 0) is 19.3 Å². The minimum Gasteiger partial charge on any atom is -0.391 e. The van der Waals surface area contributed by atoms with Crippen molar-refractivity contribution < 1.29 is 5.11 Å². The molecule has 1 aliphatic rings. The molecular weight excluding hydrogens is 252 g/mol. The Kier molecular flexibility index (Phi) is 5.59. The van der Waals surface area contributed by atoms with E-state index in [9.17, 15) is 5.11 Å². The van der Waals surface area contributed by atoms with Crippen molar-refractivity contribution in [2.24, 2.45) is 0 Å². The molecule has 0 saturated heterocycles. The molecule has 2 rings (SSSR count). The zero-order chi connectivity index (χ0) is 14.4. The highest BCUT2D eigenvalue weighted by Gasteiger charge is 2.22. The molecule has 112 valence electrons. The Morgan fingerprint density at radius 2 is 1.95 bits per heavy atom. The van der Waals surface area contributed by atoms with Crippen molar-refractivity contribution in [3.63, 3.8) is 0 Å². The fourth-order valence-corrected chi connectivity index (χ4v) is 2.68. The molecule has 1 fully saturated rings. The Balaban J connectivity index is 2.12. The van der Waals surface area contributed by atoms with Gasteiger partial charge in [0.2, 0.25) is 0 Å². The molecule has 20 heavy (non-hydrogen) atoms. The highest BCUT2D eigenvalue weighted by Crippen LogP contribution is 2.22. The normalized spacial score (nSPS) is 23.1. The van der Waals surface area contributed by atoms with E-state index in [-0.39, 0.29) is 12.1 Å². The van der Waals surface area contributed by atoms with Gasteiger partial charge in [0.1, 0.15) is 17.5 Å². The van der Waals surface area contributed by atoms with E-state index in [1.807, 2.05) is 13.1 Å². The maximum absolute atomic E-state index is 10.2. The predicted molar refractivity (Wildman–Crippen MR) is 82.1 cm³/mol. The Labute approximate surface area is 121 Å². The number of hydrogen-bond acceptors (Lipinski definition) is 5. The topological polar surface area (TPSA) is 70.1 Å². The van der Waals surface area contributed by atoms with Crippen molar-refractivity contribution in [3.05, 3.63) is 11.9 Å². The number of aliphatic hydroxyl groups excluding tert-OH is 1. The zero-order valence-corrected chi connectivity index (χ0v) is 12.5. The number of nitrogens with zero attached hydrogens (tertiary/aromatic N) is 2. The third-order valence-electron chi connectivity index (χ3n) is 3.81. The zero-order valence-electron chi connectivity index (χ0n) is 12.5. The van der Waals surface area contributed by atoms with Gasteiger partial charge in [0, 0.05) is 19.5 Å². The number of hydrogen-bond donors (Lipinski definition) is 3. The molecule has 0 radical (unpaired) electrons. The van der Waals surface area contributed by atoms with Crippen LogP contribution in [0, 0.1) is 0 Å². The largest absolute Gasteiger partial charge is 0.391 e. The first-order valence-corrected chi connectivity index (χ1v) is 7.73. The van der Waals surface area contributed by atoms with Crippen LogP contribution in [0.3, 0.4) is 0 Å². The maximum atomic E-state index is 10.2. The van der Waals surface area contributed by atoms with Crippen LogP contribution in [0.5, 0.6) is 0 Å². The molecule has 5 nitrogen and oxygen atoms in total. The Bertz CT molecular complexity index is 424. The summed E-state index contributed by atoms with van der Waals surface area (Å²) >= 11 is 0. The summed E-state index contributed by atoms with van der Waals surface area (Å²) in [6.45, 7) is 2.12. The number of rotatable bonds is 5. The monoisotopic (exact) mass is 278 g/mol. The molecule has 1 saturated carbocycles. The van der Waals surface area contributed by atoms with Gasteiger partial charge in [-0.2, -0.15) is 0 Å². The van der Waals surface area contributed by atoms with Crippen molar-refractivity contribution in [2.45, 2.75) is 64.0 Å². The quantitative estimate of drug-likeness (QED) is 0.722. The fraction of sp³-hybridized carbons (Fsp3) is 0.733. The van der Waals surface area contributed by atoms with Crippen LogP contribution in [-0.2, 0) is 6.42 Å². The molecule has 5 heteroatoms. The lowest BCUT2D eigenvalue weighted by atomic mass is 10.1. The summed E-state index contributed by atoms with van der Waals surface area (Å²) in [5, 5.41) is 16.7. The Morgan fingerprint density at radius 3 is 2.70 bits per heavy atom. The summed E-state index contributed by atoms with van der Waals surface area (Å²) in [4.78, 5) is 9.00. The summed E-state index contributed by atoms with van der Waals surface area (Å²) < 4.78 is 0. The van der Waals surface area contributed by atoms with Crippen LogP contribution in [0.2, 0.25) is 0 Å². The third-order valence-corrected chi connectivity index (χ3v) is 3.81. The molecule has 0 aliphatic heterocycles. The van der Waals surface area contributed by atoms with Gasteiger partial charge in [0.05, 0.1) is 12.1 Å². The van der Waals surface area contributed by atoms with Crippen molar-refractivity contribution in [1.82, 2.24) is 9.97 Å². The van der Waals surface area contributed by atoms with Crippen LogP contribution in [0.15, 0.2) is 6.07 Å². The SMILES string of the molecule is CCCc1nc(NC)cc(NC2CCCCCC2O)n1. The van der Waals surface area contributed by atoms with E-state index in [4.69, 9.17) is 0 Å². The van der Waals surface area contributed by atoms with Crippen LogP contribution < -0.4 is 10.6 Å². The van der Waals surface area contributed by atoms with Gasteiger partial charge in [0.15, 0.2) is 0 Å². The first-order chi connectivity index (χ1) is 9.72. The number of aryl methyl sites for hydroxylation is 1. The van der Waals surface area contributed by atoms with Gasteiger partial charge in [-0.1, -0.05) is 26.2 Å². The predicted octanol–water partition coefficient (Wildman–Crippen LogP) is 2.58. The minimum atomic E-state index is -0.278. The lowest BCUT2D eigenvalue weighted by Gasteiger charge is -2.22. The molecule has 0 aromatic carbocycles. The highest BCUT2D eigenvalue weighted by atomic mass is 16.3.